The normalized spacial score (nSPS) is 21.9. The lowest BCUT2D eigenvalue weighted by molar-refractivity contribution is -0.131. The van der Waals surface area contributed by atoms with Crippen molar-refractivity contribution in [2.24, 2.45) is 5.92 Å². The average Bonchev–Trinajstić information content (AvgIpc) is 2.67. The Kier molecular flexibility index (Phi) is 7.74. The minimum absolute atomic E-state index is 0. The molecule has 0 aromatic heterocycles. The van der Waals surface area contributed by atoms with Crippen LogP contribution >= 0.6 is 12.4 Å². The maximum atomic E-state index is 11.4. The number of hydrogen-bond donors (Lipinski definition) is 2. The predicted octanol–water partition coefficient (Wildman–Crippen LogP) is 0.559. The molecule has 4 nitrogen and oxygen atoms in total. The molecule has 0 radical (unpaired) electrons. The lowest BCUT2D eigenvalue weighted by Gasteiger charge is -2.14. The number of amides is 1. The fraction of sp³-hybridized carbons (Fsp3) is 0.900. The highest BCUT2D eigenvalue weighted by molar-refractivity contribution is 5.85. The van der Waals surface area contributed by atoms with Crippen molar-refractivity contribution in [1.29, 1.82) is 0 Å². The molecule has 0 saturated carbocycles. The van der Waals surface area contributed by atoms with Crippen LogP contribution in [-0.4, -0.2) is 38.3 Å². The molecule has 2 N–H and O–H groups in total. The molecule has 2 atom stereocenters. The van der Waals surface area contributed by atoms with Gasteiger partial charge in [0, 0.05) is 13.2 Å². The van der Waals surface area contributed by atoms with Crippen molar-refractivity contribution in [2.45, 2.75) is 26.4 Å². The van der Waals surface area contributed by atoms with Crippen LogP contribution in [0.4, 0.5) is 0 Å². The minimum atomic E-state index is -0.325. The van der Waals surface area contributed by atoms with Crippen LogP contribution in [-0.2, 0) is 9.53 Å². The summed E-state index contributed by atoms with van der Waals surface area (Å²) in [5.74, 6) is 0.589. The van der Waals surface area contributed by atoms with Gasteiger partial charge in [0.15, 0.2) is 0 Å². The number of carbonyl (C=O) groups is 1. The maximum absolute atomic E-state index is 11.4. The summed E-state index contributed by atoms with van der Waals surface area (Å²) in [6.07, 6.45) is 0.831. The van der Waals surface area contributed by atoms with Crippen molar-refractivity contribution >= 4 is 18.3 Å². The van der Waals surface area contributed by atoms with Crippen LogP contribution in [0.2, 0.25) is 0 Å². The summed E-state index contributed by atoms with van der Waals surface area (Å²) in [5.41, 5.74) is 0. The Hall–Kier alpha value is -0.320. The van der Waals surface area contributed by atoms with Crippen LogP contribution in [0.1, 0.15) is 20.3 Å². The zero-order valence-electron chi connectivity index (χ0n) is 9.41. The highest BCUT2D eigenvalue weighted by Gasteiger charge is 2.17. The SMILES string of the molecule is CCOC(C)C(=O)NCC1CCNC1.Cl. The van der Waals surface area contributed by atoms with Gasteiger partial charge in [-0.25, -0.2) is 0 Å². The third-order valence-electron chi connectivity index (χ3n) is 2.51. The molecule has 15 heavy (non-hydrogen) atoms. The second-order valence-electron chi connectivity index (χ2n) is 3.70. The van der Waals surface area contributed by atoms with E-state index in [2.05, 4.69) is 10.6 Å². The van der Waals surface area contributed by atoms with Gasteiger partial charge in [-0.15, -0.1) is 12.4 Å². The fourth-order valence-corrected chi connectivity index (χ4v) is 1.60. The first-order valence-electron chi connectivity index (χ1n) is 5.34. The first-order chi connectivity index (χ1) is 6.74. The van der Waals surface area contributed by atoms with Crippen molar-refractivity contribution in [3.63, 3.8) is 0 Å². The fourth-order valence-electron chi connectivity index (χ4n) is 1.60. The molecule has 0 aromatic rings. The molecule has 90 valence electrons. The number of halogens is 1. The molecule has 1 amide bonds. The Bertz CT molecular complexity index is 184. The second-order valence-corrected chi connectivity index (χ2v) is 3.70. The Balaban J connectivity index is 0.00000196. The molecule has 0 bridgehead atoms. The van der Waals surface area contributed by atoms with Crippen molar-refractivity contribution in [1.82, 2.24) is 10.6 Å². The van der Waals surface area contributed by atoms with Crippen LogP contribution in [0.15, 0.2) is 0 Å². The summed E-state index contributed by atoms with van der Waals surface area (Å²) in [5, 5.41) is 6.17. The van der Waals surface area contributed by atoms with E-state index in [0.717, 1.165) is 26.1 Å². The molecule has 0 aromatic carbocycles. The lowest BCUT2D eigenvalue weighted by Crippen LogP contribution is -2.37. The zero-order valence-corrected chi connectivity index (χ0v) is 10.2. The molecule has 1 fully saturated rings. The Morgan fingerprint density at radius 2 is 2.40 bits per heavy atom. The standard InChI is InChI=1S/C10H20N2O2.ClH/c1-3-14-8(2)10(13)12-7-9-4-5-11-6-9;/h8-9,11H,3-7H2,1-2H3,(H,12,13);1H. The van der Waals surface area contributed by atoms with E-state index in [4.69, 9.17) is 4.74 Å². The van der Waals surface area contributed by atoms with Gasteiger partial charge >= 0.3 is 0 Å². The van der Waals surface area contributed by atoms with Gasteiger partial charge in [-0.1, -0.05) is 0 Å². The van der Waals surface area contributed by atoms with E-state index in [1.54, 1.807) is 6.92 Å². The molecule has 0 spiro atoms. The first-order valence-corrected chi connectivity index (χ1v) is 5.34. The lowest BCUT2D eigenvalue weighted by atomic mass is 10.1. The van der Waals surface area contributed by atoms with Crippen LogP contribution in [0.25, 0.3) is 0 Å². The van der Waals surface area contributed by atoms with Gasteiger partial charge in [-0.2, -0.15) is 0 Å². The quantitative estimate of drug-likeness (QED) is 0.734. The molecule has 1 rings (SSSR count). The van der Waals surface area contributed by atoms with E-state index >= 15 is 0 Å². The number of hydrogen-bond acceptors (Lipinski definition) is 3. The first kappa shape index (κ1) is 14.7. The highest BCUT2D eigenvalue weighted by atomic mass is 35.5. The van der Waals surface area contributed by atoms with Crippen molar-refractivity contribution < 1.29 is 9.53 Å². The van der Waals surface area contributed by atoms with Crippen molar-refractivity contribution in [3.05, 3.63) is 0 Å². The Morgan fingerprint density at radius 1 is 1.67 bits per heavy atom. The smallest absolute Gasteiger partial charge is 0.248 e. The number of rotatable bonds is 5. The summed E-state index contributed by atoms with van der Waals surface area (Å²) >= 11 is 0. The van der Waals surface area contributed by atoms with E-state index in [1.807, 2.05) is 6.92 Å². The topological polar surface area (TPSA) is 50.4 Å². The van der Waals surface area contributed by atoms with Gasteiger partial charge in [0.1, 0.15) is 6.10 Å². The number of ether oxygens (including phenoxy) is 1. The second kappa shape index (κ2) is 7.91. The molecular formula is C10H21ClN2O2. The molecular weight excluding hydrogens is 216 g/mol. The van der Waals surface area contributed by atoms with Gasteiger partial charge in [0.25, 0.3) is 0 Å². The molecule has 1 saturated heterocycles. The van der Waals surface area contributed by atoms with Crippen LogP contribution in [0.3, 0.4) is 0 Å². The van der Waals surface area contributed by atoms with E-state index in [-0.39, 0.29) is 24.4 Å². The minimum Gasteiger partial charge on any atom is -0.369 e. The summed E-state index contributed by atoms with van der Waals surface area (Å²) in [7, 11) is 0. The number of carbonyl (C=O) groups excluding carboxylic acids is 1. The largest absolute Gasteiger partial charge is 0.369 e. The Labute approximate surface area is 97.5 Å². The van der Waals surface area contributed by atoms with Crippen LogP contribution < -0.4 is 10.6 Å². The predicted molar refractivity (Wildman–Crippen MR) is 62.3 cm³/mol. The van der Waals surface area contributed by atoms with E-state index in [9.17, 15) is 4.79 Å². The van der Waals surface area contributed by atoms with Crippen LogP contribution in [0.5, 0.6) is 0 Å². The molecule has 1 heterocycles. The van der Waals surface area contributed by atoms with Gasteiger partial charge < -0.3 is 15.4 Å². The molecule has 2 unspecified atom stereocenters. The third kappa shape index (κ3) is 5.35. The van der Waals surface area contributed by atoms with Crippen molar-refractivity contribution in [3.8, 4) is 0 Å². The third-order valence-corrected chi connectivity index (χ3v) is 2.51. The van der Waals surface area contributed by atoms with Gasteiger partial charge in [0.05, 0.1) is 0 Å². The van der Waals surface area contributed by atoms with E-state index in [0.29, 0.717) is 12.5 Å². The monoisotopic (exact) mass is 236 g/mol. The van der Waals surface area contributed by atoms with E-state index in [1.165, 1.54) is 0 Å². The van der Waals surface area contributed by atoms with Gasteiger partial charge in [0.2, 0.25) is 5.91 Å². The highest BCUT2D eigenvalue weighted by Crippen LogP contribution is 2.05. The molecule has 5 heteroatoms. The number of nitrogens with one attached hydrogen (secondary N) is 2. The van der Waals surface area contributed by atoms with Gasteiger partial charge in [-0.05, 0) is 39.3 Å². The summed E-state index contributed by atoms with van der Waals surface area (Å²) in [6, 6.07) is 0. The van der Waals surface area contributed by atoms with Gasteiger partial charge in [-0.3, -0.25) is 4.79 Å². The van der Waals surface area contributed by atoms with Crippen LogP contribution in [0, 0.1) is 5.92 Å². The zero-order chi connectivity index (χ0) is 10.4. The summed E-state index contributed by atoms with van der Waals surface area (Å²) in [6.45, 7) is 7.12. The maximum Gasteiger partial charge on any atom is 0.248 e. The Morgan fingerprint density at radius 3 is 2.93 bits per heavy atom. The van der Waals surface area contributed by atoms with Crippen molar-refractivity contribution in [2.75, 3.05) is 26.2 Å². The average molecular weight is 237 g/mol. The van der Waals surface area contributed by atoms with E-state index < -0.39 is 0 Å². The summed E-state index contributed by atoms with van der Waals surface area (Å²) in [4.78, 5) is 11.4. The molecule has 0 aliphatic carbocycles. The molecule has 1 aliphatic heterocycles. The molecule has 1 aliphatic rings. The summed E-state index contributed by atoms with van der Waals surface area (Å²) < 4.78 is 5.19.